The molecule has 4 heterocycles. The molecular weight excluding hydrogens is 414 g/mol. The van der Waals surface area contributed by atoms with Crippen LogP contribution in [-0.4, -0.2) is 56.0 Å². The molecule has 172 valence electrons. The van der Waals surface area contributed by atoms with Crippen molar-refractivity contribution in [2.24, 2.45) is 7.05 Å². The molecule has 1 saturated heterocycles. The van der Waals surface area contributed by atoms with E-state index in [0.717, 1.165) is 72.9 Å². The highest BCUT2D eigenvalue weighted by Gasteiger charge is 2.30. The summed E-state index contributed by atoms with van der Waals surface area (Å²) in [6, 6.07) is 8.80. The van der Waals surface area contributed by atoms with Gasteiger partial charge in [0, 0.05) is 68.5 Å². The van der Waals surface area contributed by atoms with Gasteiger partial charge in [0.2, 0.25) is 0 Å². The third-order valence-corrected chi connectivity index (χ3v) is 7.39. The Labute approximate surface area is 194 Å². The van der Waals surface area contributed by atoms with E-state index in [1.807, 2.05) is 14.0 Å². The minimum absolute atomic E-state index is 0.0575. The van der Waals surface area contributed by atoms with Crippen LogP contribution in [0.4, 0.5) is 22.7 Å². The van der Waals surface area contributed by atoms with Gasteiger partial charge >= 0.3 is 0 Å². The third kappa shape index (κ3) is 3.46. The summed E-state index contributed by atoms with van der Waals surface area (Å²) in [5.74, 6) is 0.627. The van der Waals surface area contributed by atoms with Crippen LogP contribution in [0.25, 0.3) is 10.9 Å². The molecule has 0 unspecified atom stereocenters. The number of morpholine rings is 1. The highest BCUT2D eigenvalue weighted by Crippen LogP contribution is 2.45. The standard InChI is InChI=1S/C26H31N5O2/c1-17-12-20-22(29(3)26(17)32)13-19(30-8-10-33-11-9-30)14-23(20)31-7-6-28(2)24-15-21(18-4-5-18)27-16-25(24)31/h12-16,18H,4-11H2,1-3H3. The van der Waals surface area contributed by atoms with Crippen LogP contribution in [0.5, 0.6) is 0 Å². The van der Waals surface area contributed by atoms with Gasteiger partial charge in [0.15, 0.2) is 0 Å². The Balaban J connectivity index is 1.55. The van der Waals surface area contributed by atoms with Gasteiger partial charge in [-0.05, 0) is 44.0 Å². The molecule has 1 saturated carbocycles. The number of pyridine rings is 2. The lowest BCUT2D eigenvalue weighted by atomic mass is 10.1. The Hall–Kier alpha value is -3.06. The number of aromatic nitrogens is 2. The van der Waals surface area contributed by atoms with Crippen molar-refractivity contribution in [2.75, 3.05) is 61.1 Å². The van der Waals surface area contributed by atoms with Crippen LogP contribution in [-0.2, 0) is 11.8 Å². The van der Waals surface area contributed by atoms with E-state index in [1.165, 1.54) is 24.2 Å². The lowest BCUT2D eigenvalue weighted by Crippen LogP contribution is -2.38. The first-order valence-corrected chi connectivity index (χ1v) is 12.0. The van der Waals surface area contributed by atoms with Crippen LogP contribution in [0, 0.1) is 6.92 Å². The fraction of sp³-hybridized carbons (Fsp3) is 0.462. The van der Waals surface area contributed by atoms with Crippen LogP contribution in [0.1, 0.15) is 30.0 Å². The molecule has 0 amide bonds. The fourth-order valence-electron chi connectivity index (χ4n) is 5.22. The van der Waals surface area contributed by atoms with E-state index in [-0.39, 0.29) is 5.56 Å². The maximum Gasteiger partial charge on any atom is 0.253 e. The molecule has 0 bridgehead atoms. The molecule has 6 rings (SSSR count). The van der Waals surface area contributed by atoms with Crippen molar-refractivity contribution < 1.29 is 4.74 Å². The Morgan fingerprint density at radius 2 is 1.73 bits per heavy atom. The van der Waals surface area contributed by atoms with Crippen LogP contribution in [0.2, 0.25) is 0 Å². The van der Waals surface area contributed by atoms with Crippen molar-refractivity contribution in [3.8, 4) is 0 Å². The minimum Gasteiger partial charge on any atom is -0.378 e. The molecule has 3 aliphatic rings. The SMILES string of the molecule is Cc1cc2c(N3CCN(C)c4cc(C5CC5)ncc43)cc(N3CCOCC3)cc2n(C)c1=O. The maximum absolute atomic E-state index is 12.8. The second-order valence-electron chi connectivity index (χ2n) is 9.63. The summed E-state index contributed by atoms with van der Waals surface area (Å²) in [6.45, 7) is 6.89. The van der Waals surface area contributed by atoms with Crippen molar-refractivity contribution in [3.05, 3.63) is 52.1 Å². The zero-order chi connectivity index (χ0) is 22.7. The van der Waals surface area contributed by atoms with Crippen molar-refractivity contribution in [1.29, 1.82) is 0 Å². The average Bonchev–Trinajstić information content (AvgIpc) is 3.69. The summed E-state index contributed by atoms with van der Waals surface area (Å²) >= 11 is 0. The first kappa shape index (κ1) is 20.5. The molecule has 2 aromatic heterocycles. The molecule has 1 aromatic carbocycles. The number of hydrogen-bond donors (Lipinski definition) is 0. The third-order valence-electron chi connectivity index (χ3n) is 7.39. The number of aryl methyl sites for hydroxylation is 2. The van der Waals surface area contributed by atoms with E-state index in [4.69, 9.17) is 9.72 Å². The van der Waals surface area contributed by atoms with Crippen molar-refractivity contribution in [2.45, 2.75) is 25.7 Å². The second kappa shape index (κ2) is 7.76. The number of anilines is 4. The van der Waals surface area contributed by atoms with Gasteiger partial charge in [0.1, 0.15) is 0 Å². The van der Waals surface area contributed by atoms with Gasteiger partial charge in [-0.25, -0.2) is 0 Å². The molecule has 7 nitrogen and oxygen atoms in total. The lowest BCUT2D eigenvalue weighted by molar-refractivity contribution is 0.122. The van der Waals surface area contributed by atoms with Crippen molar-refractivity contribution >= 4 is 33.7 Å². The van der Waals surface area contributed by atoms with Crippen molar-refractivity contribution in [3.63, 3.8) is 0 Å². The molecule has 33 heavy (non-hydrogen) atoms. The fourth-order valence-corrected chi connectivity index (χ4v) is 5.22. The van der Waals surface area contributed by atoms with Gasteiger partial charge in [-0.2, -0.15) is 0 Å². The van der Waals surface area contributed by atoms with Crippen LogP contribution >= 0.6 is 0 Å². The predicted octanol–water partition coefficient (Wildman–Crippen LogP) is 3.54. The molecule has 0 N–H and O–H groups in total. The predicted molar refractivity (Wildman–Crippen MR) is 133 cm³/mol. The van der Waals surface area contributed by atoms with Crippen LogP contribution in [0.15, 0.2) is 35.3 Å². The topological polar surface area (TPSA) is 53.8 Å². The summed E-state index contributed by atoms with van der Waals surface area (Å²) in [5, 5.41) is 1.10. The number of fused-ring (bicyclic) bond motifs is 2. The van der Waals surface area contributed by atoms with Gasteiger partial charge in [-0.3, -0.25) is 9.78 Å². The van der Waals surface area contributed by atoms with Gasteiger partial charge in [-0.1, -0.05) is 0 Å². The summed E-state index contributed by atoms with van der Waals surface area (Å²) in [5.41, 5.74) is 7.67. The van der Waals surface area contributed by atoms with Crippen molar-refractivity contribution in [1.82, 2.24) is 9.55 Å². The zero-order valence-corrected chi connectivity index (χ0v) is 19.7. The van der Waals surface area contributed by atoms with Gasteiger partial charge in [0.25, 0.3) is 5.56 Å². The molecule has 2 aliphatic heterocycles. The Morgan fingerprint density at radius 3 is 2.48 bits per heavy atom. The first-order chi connectivity index (χ1) is 16.0. The summed E-state index contributed by atoms with van der Waals surface area (Å²) in [7, 11) is 4.05. The van der Waals surface area contributed by atoms with E-state index >= 15 is 0 Å². The molecule has 0 radical (unpaired) electrons. The van der Waals surface area contributed by atoms with Gasteiger partial charge < -0.3 is 24.0 Å². The summed E-state index contributed by atoms with van der Waals surface area (Å²) < 4.78 is 7.38. The molecule has 3 aromatic rings. The smallest absolute Gasteiger partial charge is 0.253 e. The second-order valence-corrected chi connectivity index (χ2v) is 9.63. The normalized spacial score (nSPS) is 18.7. The molecule has 1 aliphatic carbocycles. The number of ether oxygens (including phenoxy) is 1. The van der Waals surface area contributed by atoms with Gasteiger partial charge in [-0.15, -0.1) is 0 Å². The Bertz CT molecular complexity index is 1290. The van der Waals surface area contributed by atoms with Gasteiger partial charge in [0.05, 0.1) is 42.0 Å². The van der Waals surface area contributed by atoms with Crippen LogP contribution < -0.4 is 20.3 Å². The quantitative estimate of drug-likeness (QED) is 0.615. The molecule has 0 atom stereocenters. The van der Waals surface area contributed by atoms with E-state index in [2.05, 4.69) is 52.2 Å². The Kier molecular flexibility index (Phi) is 4.83. The van der Waals surface area contributed by atoms with E-state index in [0.29, 0.717) is 5.92 Å². The number of benzene rings is 1. The van der Waals surface area contributed by atoms with Crippen LogP contribution in [0.3, 0.4) is 0 Å². The number of nitrogens with zero attached hydrogens (tertiary/aromatic N) is 5. The lowest BCUT2D eigenvalue weighted by Gasteiger charge is -2.38. The molecule has 0 spiro atoms. The molecule has 7 heteroatoms. The summed E-state index contributed by atoms with van der Waals surface area (Å²) in [6.07, 6.45) is 4.55. The number of rotatable bonds is 3. The molecular formula is C26H31N5O2. The van der Waals surface area contributed by atoms with E-state index in [9.17, 15) is 4.79 Å². The monoisotopic (exact) mass is 445 g/mol. The largest absolute Gasteiger partial charge is 0.378 e. The maximum atomic E-state index is 12.8. The zero-order valence-electron chi connectivity index (χ0n) is 19.7. The van der Waals surface area contributed by atoms with E-state index in [1.54, 1.807) is 4.57 Å². The number of likely N-dealkylation sites (N-methyl/N-ethyl adjacent to an activating group) is 1. The number of hydrogen-bond acceptors (Lipinski definition) is 6. The van der Waals surface area contributed by atoms with E-state index < -0.39 is 0 Å². The Morgan fingerprint density at radius 1 is 0.939 bits per heavy atom. The average molecular weight is 446 g/mol. The first-order valence-electron chi connectivity index (χ1n) is 12.0. The highest BCUT2D eigenvalue weighted by molar-refractivity contribution is 5.99. The highest BCUT2D eigenvalue weighted by atomic mass is 16.5. The molecule has 2 fully saturated rings. The minimum atomic E-state index is 0.0575. The summed E-state index contributed by atoms with van der Waals surface area (Å²) in [4.78, 5) is 24.8.